The number of unbranched alkanes of at least 4 members (excludes halogenated alkanes) is 25. The van der Waals surface area contributed by atoms with Crippen molar-refractivity contribution < 1.29 is 28.6 Å². The van der Waals surface area contributed by atoms with Crippen molar-refractivity contribution in [2.45, 2.75) is 277 Å². The molecule has 0 radical (unpaired) electrons. The first-order valence-corrected chi connectivity index (χ1v) is 29.2. The number of ether oxygens (including phenoxy) is 3. The van der Waals surface area contributed by atoms with E-state index in [2.05, 4.69) is 118 Å². The number of hydrogen-bond donors (Lipinski definition) is 0. The second-order valence-corrected chi connectivity index (χ2v) is 19.1. The molecule has 0 saturated heterocycles. The van der Waals surface area contributed by atoms with E-state index in [0.717, 1.165) is 141 Å². The van der Waals surface area contributed by atoms with Crippen molar-refractivity contribution in [3.05, 3.63) is 97.2 Å². The number of allylic oxidation sites excluding steroid dienone is 16. The highest BCUT2D eigenvalue weighted by Crippen LogP contribution is 2.16. The van der Waals surface area contributed by atoms with Crippen LogP contribution in [0.3, 0.4) is 0 Å². The van der Waals surface area contributed by atoms with Crippen molar-refractivity contribution in [2.24, 2.45) is 0 Å². The molecule has 400 valence electrons. The Labute approximate surface area is 432 Å². The summed E-state index contributed by atoms with van der Waals surface area (Å²) in [6.07, 6.45) is 77.0. The Morgan fingerprint density at radius 3 is 0.886 bits per heavy atom. The molecule has 0 N–H and O–H groups in total. The number of rotatable bonds is 52. The molecule has 0 saturated carbocycles. The summed E-state index contributed by atoms with van der Waals surface area (Å²) in [6.45, 7) is 6.34. The minimum atomic E-state index is -0.789. The molecule has 0 aromatic heterocycles. The Balaban J connectivity index is 4.22. The standard InChI is InChI=1S/C64H108O6/c1-4-7-10-13-16-19-22-24-26-27-28-29-30-31-32-33-34-35-36-37-39-40-42-45-48-51-54-57-63(66)69-60-61(59-68-62(65)56-53-50-47-44-21-18-15-12-9-6-3)70-64(67)58-55-52-49-46-43-41-38-25-23-20-17-14-11-8-5-2/h7-8,10-12,15-17,19-20,24-26,28-29,38,61H,4-6,9,13-14,18,21-23,27,30-37,39-60H2,1-3H3/b10-7-,11-8-,15-12-,19-16-,20-17-,26-24-,29-28-,38-25-. The van der Waals surface area contributed by atoms with Gasteiger partial charge in [-0.1, -0.05) is 240 Å². The van der Waals surface area contributed by atoms with Crippen LogP contribution in [0.15, 0.2) is 97.2 Å². The van der Waals surface area contributed by atoms with Crippen LogP contribution in [0, 0.1) is 0 Å². The van der Waals surface area contributed by atoms with Gasteiger partial charge in [-0.2, -0.15) is 0 Å². The Bertz CT molecular complexity index is 1400. The molecule has 0 bridgehead atoms. The van der Waals surface area contributed by atoms with Gasteiger partial charge in [0, 0.05) is 19.3 Å². The Morgan fingerprint density at radius 2 is 0.557 bits per heavy atom. The predicted molar refractivity (Wildman–Crippen MR) is 302 cm³/mol. The molecular formula is C64H108O6. The van der Waals surface area contributed by atoms with Crippen molar-refractivity contribution in [3.8, 4) is 0 Å². The van der Waals surface area contributed by atoms with E-state index in [4.69, 9.17) is 14.2 Å². The van der Waals surface area contributed by atoms with Crippen molar-refractivity contribution >= 4 is 17.9 Å². The first-order valence-electron chi connectivity index (χ1n) is 29.2. The monoisotopic (exact) mass is 973 g/mol. The molecule has 0 heterocycles. The normalized spacial score (nSPS) is 12.8. The molecule has 0 fully saturated rings. The zero-order valence-corrected chi connectivity index (χ0v) is 45.8. The van der Waals surface area contributed by atoms with Crippen LogP contribution < -0.4 is 0 Å². The first-order chi connectivity index (χ1) is 34.5. The molecule has 6 nitrogen and oxygen atoms in total. The maximum absolute atomic E-state index is 12.8. The van der Waals surface area contributed by atoms with E-state index in [1.54, 1.807) is 0 Å². The third-order valence-electron chi connectivity index (χ3n) is 12.3. The summed E-state index contributed by atoms with van der Waals surface area (Å²) in [5, 5.41) is 0. The highest BCUT2D eigenvalue weighted by Gasteiger charge is 2.19. The second-order valence-electron chi connectivity index (χ2n) is 19.1. The fourth-order valence-corrected chi connectivity index (χ4v) is 7.98. The summed E-state index contributed by atoms with van der Waals surface area (Å²) in [5.74, 6) is -0.913. The van der Waals surface area contributed by atoms with Gasteiger partial charge in [0.05, 0.1) is 0 Å². The summed E-state index contributed by atoms with van der Waals surface area (Å²) >= 11 is 0. The summed E-state index contributed by atoms with van der Waals surface area (Å²) in [4.78, 5) is 38.1. The second kappa shape index (κ2) is 57.9. The quantitative estimate of drug-likeness (QED) is 0.0262. The summed E-state index contributed by atoms with van der Waals surface area (Å²) in [5.41, 5.74) is 0. The maximum atomic E-state index is 12.8. The number of carbonyl (C=O) groups is 3. The van der Waals surface area contributed by atoms with Crippen molar-refractivity contribution in [1.82, 2.24) is 0 Å². The van der Waals surface area contributed by atoms with E-state index in [0.29, 0.717) is 19.3 Å². The lowest BCUT2D eigenvalue weighted by atomic mass is 10.0. The Kier molecular flexibility index (Phi) is 54.9. The fraction of sp³-hybridized carbons (Fsp3) is 0.703. The van der Waals surface area contributed by atoms with Gasteiger partial charge in [-0.15, -0.1) is 0 Å². The molecule has 0 aliphatic rings. The van der Waals surface area contributed by atoms with Crippen LogP contribution in [0.25, 0.3) is 0 Å². The summed E-state index contributed by atoms with van der Waals surface area (Å²) in [6, 6.07) is 0. The van der Waals surface area contributed by atoms with Gasteiger partial charge in [0.1, 0.15) is 13.2 Å². The SMILES string of the molecule is CC/C=C\C/C=C\C/C=C\C/C=C\CCCCCCCCCCCCCCCCC(=O)OCC(COC(=O)CCCCCCC/C=C\CCC)OC(=O)CCCCCCC/C=C\C/C=C\C/C=C\CC. The van der Waals surface area contributed by atoms with Crippen LogP contribution in [0.1, 0.15) is 271 Å². The zero-order chi connectivity index (χ0) is 50.7. The third kappa shape index (κ3) is 55.3. The highest BCUT2D eigenvalue weighted by atomic mass is 16.6. The molecular weight excluding hydrogens is 865 g/mol. The lowest BCUT2D eigenvalue weighted by Gasteiger charge is -2.18. The van der Waals surface area contributed by atoms with Crippen LogP contribution in [-0.4, -0.2) is 37.2 Å². The largest absolute Gasteiger partial charge is 0.462 e. The first kappa shape index (κ1) is 66.3. The zero-order valence-electron chi connectivity index (χ0n) is 45.8. The topological polar surface area (TPSA) is 78.9 Å². The number of hydrogen-bond acceptors (Lipinski definition) is 6. The average molecular weight is 974 g/mol. The van der Waals surface area contributed by atoms with E-state index in [1.807, 2.05) is 0 Å². The molecule has 0 aromatic rings. The van der Waals surface area contributed by atoms with E-state index in [-0.39, 0.29) is 31.1 Å². The van der Waals surface area contributed by atoms with E-state index in [1.165, 1.54) is 89.9 Å². The smallest absolute Gasteiger partial charge is 0.306 e. The van der Waals surface area contributed by atoms with Crippen LogP contribution in [0.2, 0.25) is 0 Å². The lowest BCUT2D eigenvalue weighted by Crippen LogP contribution is -2.30. The summed E-state index contributed by atoms with van der Waals surface area (Å²) in [7, 11) is 0. The van der Waals surface area contributed by atoms with Crippen molar-refractivity contribution in [1.29, 1.82) is 0 Å². The lowest BCUT2D eigenvalue weighted by molar-refractivity contribution is -0.167. The average Bonchev–Trinajstić information content (AvgIpc) is 3.36. The fourth-order valence-electron chi connectivity index (χ4n) is 7.98. The van der Waals surface area contributed by atoms with Gasteiger partial charge >= 0.3 is 17.9 Å². The summed E-state index contributed by atoms with van der Waals surface area (Å²) < 4.78 is 16.8. The Morgan fingerprint density at radius 1 is 0.300 bits per heavy atom. The molecule has 0 spiro atoms. The molecule has 1 atom stereocenters. The number of carbonyl (C=O) groups excluding carboxylic acids is 3. The van der Waals surface area contributed by atoms with Crippen molar-refractivity contribution in [3.63, 3.8) is 0 Å². The van der Waals surface area contributed by atoms with Crippen LogP contribution >= 0.6 is 0 Å². The van der Waals surface area contributed by atoms with Crippen molar-refractivity contribution in [2.75, 3.05) is 13.2 Å². The predicted octanol–water partition coefficient (Wildman–Crippen LogP) is 19.7. The van der Waals surface area contributed by atoms with Gasteiger partial charge in [-0.3, -0.25) is 14.4 Å². The minimum Gasteiger partial charge on any atom is -0.462 e. The van der Waals surface area contributed by atoms with E-state index >= 15 is 0 Å². The van der Waals surface area contributed by atoms with Crippen LogP contribution in [0.4, 0.5) is 0 Å². The molecule has 6 heteroatoms. The minimum absolute atomic E-state index is 0.0869. The van der Waals surface area contributed by atoms with Gasteiger partial charge in [-0.05, 0) is 109 Å². The Hall–Kier alpha value is -3.67. The van der Waals surface area contributed by atoms with Gasteiger partial charge in [0.25, 0.3) is 0 Å². The van der Waals surface area contributed by atoms with E-state index in [9.17, 15) is 14.4 Å². The molecule has 0 aromatic carbocycles. The van der Waals surface area contributed by atoms with Gasteiger partial charge in [0.2, 0.25) is 0 Å². The van der Waals surface area contributed by atoms with Crippen LogP contribution in [0.5, 0.6) is 0 Å². The van der Waals surface area contributed by atoms with Crippen LogP contribution in [-0.2, 0) is 28.6 Å². The van der Waals surface area contributed by atoms with Gasteiger partial charge in [-0.25, -0.2) is 0 Å². The molecule has 0 rings (SSSR count). The molecule has 0 amide bonds. The van der Waals surface area contributed by atoms with E-state index < -0.39 is 6.10 Å². The highest BCUT2D eigenvalue weighted by molar-refractivity contribution is 5.71. The van der Waals surface area contributed by atoms with Gasteiger partial charge in [0.15, 0.2) is 6.10 Å². The van der Waals surface area contributed by atoms with Gasteiger partial charge < -0.3 is 14.2 Å². The molecule has 1 unspecified atom stereocenters. The maximum Gasteiger partial charge on any atom is 0.306 e. The molecule has 0 aliphatic carbocycles. The molecule has 0 aliphatic heterocycles. The third-order valence-corrected chi connectivity index (χ3v) is 12.3. The molecule has 70 heavy (non-hydrogen) atoms. The number of esters is 3.